The van der Waals surface area contributed by atoms with Gasteiger partial charge in [-0.25, -0.2) is 0 Å². The average molecular weight is 266 g/mol. The van der Waals surface area contributed by atoms with Gasteiger partial charge in [-0.05, 0) is 45.2 Å². The van der Waals surface area contributed by atoms with Gasteiger partial charge < -0.3 is 20.5 Å². The second-order valence-corrected chi connectivity index (χ2v) is 4.45. The van der Waals surface area contributed by atoms with E-state index in [4.69, 9.17) is 15.2 Å². The summed E-state index contributed by atoms with van der Waals surface area (Å²) in [6.45, 7) is 4.75. The van der Waals surface area contributed by atoms with Crippen LogP contribution in [0.1, 0.15) is 20.3 Å². The van der Waals surface area contributed by atoms with Crippen molar-refractivity contribution in [2.45, 2.75) is 25.8 Å². The molecule has 1 aromatic carbocycles. The Morgan fingerprint density at radius 1 is 1.26 bits per heavy atom. The van der Waals surface area contributed by atoms with Crippen LogP contribution in [0, 0.1) is 0 Å². The monoisotopic (exact) mass is 266 g/mol. The summed E-state index contributed by atoms with van der Waals surface area (Å²) in [5.41, 5.74) is 4.60. The van der Waals surface area contributed by atoms with Crippen molar-refractivity contribution >= 4 is 5.91 Å². The molecule has 5 heteroatoms. The third-order valence-electron chi connectivity index (χ3n) is 3.10. The van der Waals surface area contributed by atoms with Gasteiger partial charge >= 0.3 is 0 Å². The molecule has 0 radical (unpaired) electrons. The summed E-state index contributed by atoms with van der Waals surface area (Å²) in [6.07, 6.45) is 0.506. The Kier molecular flexibility index (Phi) is 5.63. The molecular formula is C14H22N2O3. The normalized spacial score (nSPS) is 13.6. The van der Waals surface area contributed by atoms with E-state index in [-0.39, 0.29) is 5.91 Å². The maximum atomic E-state index is 11.3. The Bertz CT molecular complexity index is 406. The lowest BCUT2D eigenvalue weighted by Crippen LogP contribution is -2.52. The van der Waals surface area contributed by atoms with E-state index in [2.05, 4.69) is 5.32 Å². The predicted molar refractivity (Wildman–Crippen MR) is 74.4 cm³/mol. The molecule has 1 unspecified atom stereocenters. The summed E-state index contributed by atoms with van der Waals surface area (Å²) in [4.78, 5) is 11.3. The molecule has 3 N–H and O–H groups in total. The number of rotatable bonds is 8. The first-order chi connectivity index (χ1) is 9.01. The van der Waals surface area contributed by atoms with Crippen molar-refractivity contribution in [3.05, 3.63) is 24.3 Å². The van der Waals surface area contributed by atoms with E-state index < -0.39 is 5.54 Å². The Balaban J connectivity index is 2.46. The molecule has 1 aromatic rings. The molecule has 1 amide bonds. The van der Waals surface area contributed by atoms with Crippen LogP contribution in [0.3, 0.4) is 0 Å². The smallest absolute Gasteiger partial charge is 0.237 e. The van der Waals surface area contributed by atoms with Gasteiger partial charge in [-0.3, -0.25) is 4.79 Å². The highest BCUT2D eigenvalue weighted by molar-refractivity contribution is 5.84. The van der Waals surface area contributed by atoms with Crippen molar-refractivity contribution in [2.75, 3.05) is 20.3 Å². The van der Waals surface area contributed by atoms with Crippen molar-refractivity contribution < 1.29 is 14.3 Å². The Hall–Kier alpha value is -1.75. The van der Waals surface area contributed by atoms with Crippen LogP contribution in [0.5, 0.6) is 11.5 Å². The van der Waals surface area contributed by atoms with Crippen LogP contribution >= 0.6 is 0 Å². The molecule has 0 aliphatic carbocycles. The third kappa shape index (κ3) is 4.44. The van der Waals surface area contributed by atoms with Gasteiger partial charge in [-0.15, -0.1) is 0 Å². The summed E-state index contributed by atoms with van der Waals surface area (Å²) in [6, 6.07) is 7.38. The topological polar surface area (TPSA) is 73.6 Å². The van der Waals surface area contributed by atoms with Gasteiger partial charge in [-0.2, -0.15) is 0 Å². The first kappa shape index (κ1) is 15.3. The molecule has 0 spiro atoms. The summed E-state index contributed by atoms with van der Waals surface area (Å²) in [5, 5.41) is 2.92. The van der Waals surface area contributed by atoms with Crippen LogP contribution in [-0.2, 0) is 4.79 Å². The number of hydrogen-bond acceptors (Lipinski definition) is 4. The van der Waals surface area contributed by atoms with Crippen LogP contribution < -0.4 is 20.5 Å². The van der Waals surface area contributed by atoms with Crippen LogP contribution in [0.15, 0.2) is 24.3 Å². The van der Waals surface area contributed by atoms with Crippen LogP contribution in [0.4, 0.5) is 0 Å². The number of carbonyl (C=O) groups is 1. The molecule has 0 fully saturated rings. The number of carbonyl (C=O) groups excluding carboxylic acids is 1. The number of ether oxygens (including phenoxy) is 2. The quantitative estimate of drug-likeness (QED) is 0.744. The highest BCUT2D eigenvalue weighted by atomic mass is 16.5. The number of nitrogens with one attached hydrogen (secondary N) is 1. The number of hydrogen-bond donors (Lipinski definition) is 2. The van der Waals surface area contributed by atoms with Gasteiger partial charge in [0, 0.05) is 6.42 Å². The van der Waals surface area contributed by atoms with Gasteiger partial charge in [0.1, 0.15) is 11.5 Å². The summed E-state index contributed by atoms with van der Waals surface area (Å²) in [5.74, 6) is 1.17. The molecular weight excluding hydrogens is 244 g/mol. The van der Waals surface area contributed by atoms with Gasteiger partial charge in [0.15, 0.2) is 0 Å². The zero-order valence-corrected chi connectivity index (χ0v) is 11.7. The Morgan fingerprint density at radius 3 is 2.21 bits per heavy atom. The van der Waals surface area contributed by atoms with Gasteiger partial charge in [0.25, 0.3) is 0 Å². The maximum Gasteiger partial charge on any atom is 0.237 e. The minimum atomic E-state index is -0.745. The van der Waals surface area contributed by atoms with E-state index in [0.717, 1.165) is 11.5 Å². The molecule has 1 rings (SSSR count). The molecule has 0 aromatic heterocycles. The van der Waals surface area contributed by atoms with Crippen molar-refractivity contribution in [3.8, 4) is 11.5 Å². The number of benzene rings is 1. The predicted octanol–water partition coefficient (Wildman–Crippen LogP) is 1.32. The molecule has 0 aliphatic heterocycles. The van der Waals surface area contributed by atoms with E-state index in [0.29, 0.717) is 19.6 Å². The number of primary amides is 1. The first-order valence-corrected chi connectivity index (χ1v) is 6.36. The average Bonchev–Trinajstić information content (AvgIpc) is 2.40. The van der Waals surface area contributed by atoms with E-state index in [1.54, 1.807) is 14.0 Å². The van der Waals surface area contributed by atoms with E-state index in [9.17, 15) is 4.79 Å². The molecule has 0 bridgehead atoms. The highest BCUT2D eigenvalue weighted by Gasteiger charge is 2.28. The molecule has 0 heterocycles. The summed E-state index contributed by atoms with van der Waals surface area (Å²) in [7, 11) is 1.71. The Labute approximate surface area is 114 Å². The van der Waals surface area contributed by atoms with Gasteiger partial charge in [0.05, 0.1) is 18.8 Å². The third-order valence-corrected chi connectivity index (χ3v) is 3.10. The fourth-order valence-electron chi connectivity index (χ4n) is 1.54. The van der Waals surface area contributed by atoms with Crippen LogP contribution in [-0.4, -0.2) is 31.7 Å². The fraction of sp³-hybridized carbons (Fsp3) is 0.500. The maximum absolute atomic E-state index is 11.3. The first-order valence-electron chi connectivity index (χ1n) is 6.36. The van der Waals surface area contributed by atoms with Crippen molar-refractivity contribution in [2.24, 2.45) is 5.73 Å². The minimum Gasteiger partial charge on any atom is -0.494 e. The van der Waals surface area contributed by atoms with Crippen molar-refractivity contribution in [1.29, 1.82) is 0 Å². The SMILES string of the molecule is CCOc1ccc(OCCC(C)(NC)C(N)=O)cc1. The van der Waals surface area contributed by atoms with Crippen LogP contribution in [0.2, 0.25) is 0 Å². The molecule has 5 nitrogen and oxygen atoms in total. The lowest BCUT2D eigenvalue weighted by Gasteiger charge is -2.25. The molecule has 106 valence electrons. The van der Waals surface area contributed by atoms with Crippen LogP contribution in [0.25, 0.3) is 0 Å². The lowest BCUT2D eigenvalue weighted by atomic mass is 9.98. The van der Waals surface area contributed by atoms with E-state index >= 15 is 0 Å². The Morgan fingerprint density at radius 2 is 1.79 bits per heavy atom. The summed E-state index contributed by atoms with van der Waals surface area (Å²) < 4.78 is 10.9. The largest absolute Gasteiger partial charge is 0.494 e. The fourth-order valence-corrected chi connectivity index (χ4v) is 1.54. The van der Waals surface area contributed by atoms with E-state index in [1.165, 1.54) is 0 Å². The zero-order chi connectivity index (χ0) is 14.3. The number of nitrogens with two attached hydrogens (primary N) is 1. The molecule has 0 saturated carbocycles. The highest BCUT2D eigenvalue weighted by Crippen LogP contribution is 2.18. The standard InChI is InChI=1S/C14H22N2O3/c1-4-18-11-5-7-12(8-6-11)19-10-9-14(2,16-3)13(15)17/h5-8,16H,4,9-10H2,1-3H3,(H2,15,17). The van der Waals surface area contributed by atoms with Gasteiger partial charge in [0.2, 0.25) is 5.91 Å². The zero-order valence-electron chi connectivity index (χ0n) is 11.7. The summed E-state index contributed by atoms with van der Waals surface area (Å²) >= 11 is 0. The second-order valence-electron chi connectivity index (χ2n) is 4.45. The molecule has 1 atom stereocenters. The number of likely N-dealkylation sites (N-methyl/N-ethyl adjacent to an activating group) is 1. The van der Waals surface area contributed by atoms with E-state index in [1.807, 2.05) is 31.2 Å². The number of amides is 1. The molecule has 0 saturated heterocycles. The molecule has 0 aliphatic rings. The van der Waals surface area contributed by atoms with Gasteiger partial charge in [-0.1, -0.05) is 0 Å². The van der Waals surface area contributed by atoms with Crippen molar-refractivity contribution in [3.63, 3.8) is 0 Å². The second kappa shape index (κ2) is 6.99. The minimum absolute atomic E-state index is 0.384. The van der Waals surface area contributed by atoms with Crippen molar-refractivity contribution in [1.82, 2.24) is 5.32 Å². The lowest BCUT2D eigenvalue weighted by molar-refractivity contribution is -0.124. The molecule has 19 heavy (non-hydrogen) atoms.